The SMILES string of the molecule is COC(=O)C1(Cl)OC12CCCC1CC12. The Hall–Kier alpha value is -0.280. The van der Waals surface area contributed by atoms with Gasteiger partial charge in [0.1, 0.15) is 5.60 Å². The number of hydrogen-bond donors (Lipinski definition) is 0. The minimum atomic E-state index is -1.15. The van der Waals surface area contributed by atoms with Gasteiger partial charge in [-0.1, -0.05) is 18.0 Å². The van der Waals surface area contributed by atoms with Crippen molar-refractivity contribution in [1.82, 2.24) is 0 Å². The molecule has 3 fully saturated rings. The molecule has 0 amide bonds. The molecule has 3 nitrogen and oxygen atoms in total. The largest absolute Gasteiger partial charge is 0.466 e. The lowest BCUT2D eigenvalue weighted by atomic mass is 9.86. The molecule has 14 heavy (non-hydrogen) atoms. The third-order valence-electron chi connectivity index (χ3n) is 3.92. The lowest BCUT2D eigenvalue weighted by molar-refractivity contribution is -0.143. The maximum atomic E-state index is 11.5. The maximum Gasteiger partial charge on any atom is 0.357 e. The van der Waals surface area contributed by atoms with Crippen LogP contribution >= 0.6 is 11.6 Å². The number of hydrogen-bond acceptors (Lipinski definition) is 3. The molecule has 4 unspecified atom stereocenters. The molecule has 0 N–H and O–H groups in total. The van der Waals surface area contributed by atoms with E-state index in [1.807, 2.05) is 0 Å². The molecule has 4 heteroatoms. The second-order valence-corrected chi connectivity index (χ2v) is 5.11. The van der Waals surface area contributed by atoms with Gasteiger partial charge < -0.3 is 9.47 Å². The molecule has 0 radical (unpaired) electrons. The van der Waals surface area contributed by atoms with Crippen molar-refractivity contribution in [2.75, 3.05) is 7.11 Å². The highest BCUT2D eigenvalue weighted by atomic mass is 35.5. The van der Waals surface area contributed by atoms with Crippen LogP contribution in [0.25, 0.3) is 0 Å². The van der Waals surface area contributed by atoms with E-state index in [9.17, 15) is 4.79 Å². The second-order valence-electron chi connectivity index (χ2n) is 4.57. The molecule has 0 aromatic carbocycles. The second kappa shape index (κ2) is 2.45. The van der Waals surface area contributed by atoms with Gasteiger partial charge in [0.15, 0.2) is 0 Å². The zero-order valence-corrected chi connectivity index (χ0v) is 8.84. The molecule has 2 aliphatic carbocycles. The van der Waals surface area contributed by atoms with Gasteiger partial charge in [-0.15, -0.1) is 0 Å². The molecule has 1 spiro atoms. The van der Waals surface area contributed by atoms with Gasteiger partial charge in [0, 0.05) is 0 Å². The first kappa shape index (κ1) is 8.98. The Labute approximate surface area is 87.7 Å². The molecule has 0 bridgehead atoms. The lowest BCUT2D eigenvalue weighted by Gasteiger charge is -2.18. The van der Waals surface area contributed by atoms with Crippen LogP contribution in [-0.2, 0) is 14.3 Å². The summed E-state index contributed by atoms with van der Waals surface area (Å²) >= 11 is 6.16. The highest BCUT2D eigenvalue weighted by Gasteiger charge is 2.82. The van der Waals surface area contributed by atoms with Crippen molar-refractivity contribution >= 4 is 17.6 Å². The fourth-order valence-electron chi connectivity index (χ4n) is 3.05. The van der Waals surface area contributed by atoms with Crippen LogP contribution in [0.3, 0.4) is 0 Å². The molecular formula is C10H13ClO3. The van der Waals surface area contributed by atoms with Gasteiger partial charge in [0.2, 0.25) is 0 Å². The van der Waals surface area contributed by atoms with Crippen molar-refractivity contribution in [3.63, 3.8) is 0 Å². The Morgan fingerprint density at radius 1 is 1.64 bits per heavy atom. The number of fused-ring (bicyclic) bond motifs is 2. The molecule has 2 saturated carbocycles. The summed E-state index contributed by atoms with van der Waals surface area (Å²) in [5.41, 5.74) is -0.370. The molecule has 1 heterocycles. The van der Waals surface area contributed by atoms with E-state index in [1.165, 1.54) is 20.0 Å². The normalized spacial score (nSPS) is 53.9. The summed E-state index contributed by atoms with van der Waals surface area (Å²) in [5.74, 6) is 0.827. The Morgan fingerprint density at radius 2 is 2.43 bits per heavy atom. The van der Waals surface area contributed by atoms with E-state index in [0.29, 0.717) is 5.92 Å². The number of esters is 1. The van der Waals surface area contributed by atoms with Gasteiger partial charge in [-0.3, -0.25) is 0 Å². The van der Waals surface area contributed by atoms with Crippen LogP contribution in [-0.4, -0.2) is 23.7 Å². The average Bonchev–Trinajstić information content (AvgIpc) is 3.04. The first-order valence-corrected chi connectivity index (χ1v) is 5.49. The number of carbonyl (C=O) groups excluding carboxylic acids is 1. The third kappa shape index (κ3) is 0.854. The van der Waals surface area contributed by atoms with Gasteiger partial charge in [-0.2, -0.15) is 0 Å². The predicted octanol–water partition coefficient (Wildman–Crippen LogP) is 1.68. The number of ether oxygens (including phenoxy) is 2. The molecule has 1 saturated heterocycles. The van der Waals surface area contributed by atoms with Crippen molar-refractivity contribution in [2.45, 2.75) is 36.3 Å². The number of rotatable bonds is 1. The molecule has 1 aliphatic heterocycles. The van der Waals surface area contributed by atoms with Gasteiger partial charge in [0.25, 0.3) is 5.06 Å². The van der Waals surface area contributed by atoms with Crippen LogP contribution in [0.4, 0.5) is 0 Å². The summed E-state index contributed by atoms with van der Waals surface area (Å²) in [7, 11) is 1.36. The summed E-state index contributed by atoms with van der Waals surface area (Å²) in [6.45, 7) is 0. The summed E-state index contributed by atoms with van der Waals surface area (Å²) in [4.78, 5) is 11.5. The topological polar surface area (TPSA) is 38.8 Å². The van der Waals surface area contributed by atoms with Crippen LogP contribution in [0.5, 0.6) is 0 Å². The van der Waals surface area contributed by atoms with E-state index in [2.05, 4.69) is 4.74 Å². The zero-order chi connectivity index (χ0) is 9.97. The first-order valence-electron chi connectivity index (χ1n) is 5.11. The molecule has 0 aromatic rings. The molecule has 4 atom stereocenters. The Kier molecular flexibility index (Phi) is 1.57. The predicted molar refractivity (Wildman–Crippen MR) is 49.9 cm³/mol. The number of methoxy groups -OCH3 is 1. The van der Waals surface area contributed by atoms with Crippen LogP contribution in [0.15, 0.2) is 0 Å². The van der Waals surface area contributed by atoms with Gasteiger partial charge in [0.05, 0.1) is 7.11 Å². The van der Waals surface area contributed by atoms with Crippen molar-refractivity contribution in [1.29, 1.82) is 0 Å². The van der Waals surface area contributed by atoms with Crippen LogP contribution in [0.2, 0.25) is 0 Å². The minimum Gasteiger partial charge on any atom is -0.466 e. The number of carbonyl (C=O) groups is 1. The maximum absolute atomic E-state index is 11.5. The van der Waals surface area contributed by atoms with Crippen molar-refractivity contribution in [3.05, 3.63) is 0 Å². The fourth-order valence-corrected chi connectivity index (χ4v) is 3.50. The lowest BCUT2D eigenvalue weighted by Crippen LogP contribution is -2.34. The van der Waals surface area contributed by atoms with E-state index in [-0.39, 0.29) is 5.60 Å². The van der Waals surface area contributed by atoms with Crippen LogP contribution in [0.1, 0.15) is 25.7 Å². The Balaban J connectivity index is 1.84. The summed E-state index contributed by atoms with van der Waals surface area (Å²) < 4.78 is 10.2. The van der Waals surface area contributed by atoms with Crippen molar-refractivity contribution in [3.8, 4) is 0 Å². The van der Waals surface area contributed by atoms with E-state index in [0.717, 1.165) is 18.8 Å². The van der Waals surface area contributed by atoms with Crippen LogP contribution in [0, 0.1) is 11.8 Å². The van der Waals surface area contributed by atoms with E-state index >= 15 is 0 Å². The molecule has 78 valence electrons. The molecule has 3 rings (SSSR count). The van der Waals surface area contributed by atoms with E-state index in [1.54, 1.807) is 0 Å². The fraction of sp³-hybridized carbons (Fsp3) is 0.900. The molecular weight excluding hydrogens is 204 g/mol. The minimum absolute atomic E-state index is 0.370. The monoisotopic (exact) mass is 216 g/mol. The van der Waals surface area contributed by atoms with Crippen LogP contribution < -0.4 is 0 Å². The van der Waals surface area contributed by atoms with E-state index < -0.39 is 11.0 Å². The molecule has 0 aromatic heterocycles. The highest BCUT2D eigenvalue weighted by molar-refractivity contribution is 6.36. The standard InChI is InChI=1S/C10H13ClO3/c1-13-8(12)10(11)9(14-10)4-2-3-6-5-7(6)9/h6-7H,2-5H2,1H3. The zero-order valence-electron chi connectivity index (χ0n) is 8.09. The number of alkyl halides is 1. The van der Waals surface area contributed by atoms with Crippen molar-refractivity contribution < 1.29 is 14.3 Å². The third-order valence-corrected chi connectivity index (χ3v) is 4.47. The number of halogens is 1. The van der Waals surface area contributed by atoms with Gasteiger partial charge in [-0.05, 0) is 31.1 Å². The average molecular weight is 217 g/mol. The Bertz CT molecular complexity index is 306. The summed E-state index contributed by atoms with van der Waals surface area (Å²) in [5, 5.41) is -1.15. The molecule has 3 aliphatic rings. The van der Waals surface area contributed by atoms with Gasteiger partial charge >= 0.3 is 5.97 Å². The summed E-state index contributed by atoms with van der Waals surface area (Å²) in [6, 6.07) is 0. The van der Waals surface area contributed by atoms with E-state index in [4.69, 9.17) is 16.3 Å². The quantitative estimate of drug-likeness (QED) is 0.380. The Morgan fingerprint density at radius 3 is 3.14 bits per heavy atom. The van der Waals surface area contributed by atoms with Gasteiger partial charge in [-0.25, -0.2) is 4.79 Å². The smallest absolute Gasteiger partial charge is 0.357 e. The number of epoxide rings is 1. The highest BCUT2D eigenvalue weighted by Crippen LogP contribution is 2.70. The van der Waals surface area contributed by atoms with Crippen molar-refractivity contribution in [2.24, 2.45) is 11.8 Å². The summed E-state index contributed by atoms with van der Waals surface area (Å²) in [6.07, 6.45) is 4.47. The first-order chi connectivity index (χ1) is 6.64.